The highest BCUT2D eigenvalue weighted by atomic mass is 16.4. The number of benzene rings is 1. The van der Waals surface area contributed by atoms with Crippen LogP contribution in [0.3, 0.4) is 0 Å². The summed E-state index contributed by atoms with van der Waals surface area (Å²) in [7, 11) is 0. The van der Waals surface area contributed by atoms with E-state index in [9.17, 15) is 14.7 Å². The quantitative estimate of drug-likeness (QED) is 0.778. The lowest BCUT2D eigenvalue weighted by Gasteiger charge is -2.31. The molecule has 0 amide bonds. The number of ketones is 1. The molecule has 90 valence electrons. The number of Topliss-reactive ketones (excluding diaryl/α,β-unsaturated/α-hetero) is 1. The molecular formula is C14H15O3-. The minimum atomic E-state index is -1.08. The van der Waals surface area contributed by atoms with E-state index in [1.165, 1.54) is 0 Å². The largest absolute Gasteiger partial charge is 0.550 e. The van der Waals surface area contributed by atoms with E-state index in [1.807, 2.05) is 30.3 Å². The molecule has 0 bridgehead atoms. The number of aliphatic carboxylic acids is 1. The fraction of sp³-hybridized carbons (Fsp3) is 0.429. The van der Waals surface area contributed by atoms with Crippen LogP contribution in [-0.2, 0) is 16.0 Å². The first-order valence-corrected chi connectivity index (χ1v) is 5.93. The van der Waals surface area contributed by atoms with E-state index in [1.54, 1.807) is 0 Å². The SMILES string of the molecule is O=C1CC[C@@H](Cc2ccccc2)[C@H](C(=O)[O-])C1. The second kappa shape index (κ2) is 5.13. The molecular weight excluding hydrogens is 216 g/mol. The second-order valence-electron chi connectivity index (χ2n) is 4.66. The summed E-state index contributed by atoms with van der Waals surface area (Å²) in [6.45, 7) is 0. The first kappa shape index (κ1) is 11.8. The lowest BCUT2D eigenvalue weighted by Crippen LogP contribution is -2.40. The van der Waals surface area contributed by atoms with Crippen LogP contribution in [0.4, 0.5) is 0 Å². The van der Waals surface area contributed by atoms with E-state index in [0.29, 0.717) is 19.3 Å². The Morgan fingerprint density at radius 1 is 1.29 bits per heavy atom. The molecule has 17 heavy (non-hydrogen) atoms. The van der Waals surface area contributed by atoms with Gasteiger partial charge in [-0.15, -0.1) is 0 Å². The first-order valence-electron chi connectivity index (χ1n) is 5.93. The molecule has 1 aliphatic carbocycles. The van der Waals surface area contributed by atoms with Crippen LogP contribution in [-0.4, -0.2) is 11.8 Å². The van der Waals surface area contributed by atoms with Gasteiger partial charge in [0.2, 0.25) is 0 Å². The lowest BCUT2D eigenvalue weighted by molar-refractivity contribution is -0.313. The maximum atomic E-state index is 11.3. The van der Waals surface area contributed by atoms with Crippen molar-refractivity contribution in [1.82, 2.24) is 0 Å². The molecule has 0 spiro atoms. The number of rotatable bonds is 3. The van der Waals surface area contributed by atoms with Gasteiger partial charge >= 0.3 is 0 Å². The van der Waals surface area contributed by atoms with Gasteiger partial charge < -0.3 is 9.90 Å². The molecule has 0 aliphatic heterocycles. The van der Waals surface area contributed by atoms with E-state index >= 15 is 0 Å². The molecule has 0 heterocycles. The first-order chi connectivity index (χ1) is 8.16. The Morgan fingerprint density at radius 3 is 2.65 bits per heavy atom. The highest BCUT2D eigenvalue weighted by Gasteiger charge is 2.30. The van der Waals surface area contributed by atoms with E-state index in [2.05, 4.69) is 0 Å². The summed E-state index contributed by atoms with van der Waals surface area (Å²) in [6, 6.07) is 9.80. The third-order valence-corrected chi connectivity index (χ3v) is 3.45. The molecule has 0 unspecified atom stereocenters. The van der Waals surface area contributed by atoms with E-state index in [0.717, 1.165) is 5.56 Å². The topological polar surface area (TPSA) is 57.2 Å². The normalized spacial score (nSPS) is 24.6. The molecule has 2 atom stereocenters. The van der Waals surface area contributed by atoms with Crippen molar-refractivity contribution in [3.05, 3.63) is 35.9 Å². The van der Waals surface area contributed by atoms with Crippen molar-refractivity contribution in [3.63, 3.8) is 0 Å². The van der Waals surface area contributed by atoms with Crippen molar-refractivity contribution in [2.75, 3.05) is 0 Å². The maximum Gasteiger partial charge on any atom is 0.133 e. The molecule has 1 saturated carbocycles. The molecule has 1 fully saturated rings. The van der Waals surface area contributed by atoms with Crippen LogP contribution in [0.1, 0.15) is 24.8 Å². The minimum absolute atomic E-state index is 0.0279. The summed E-state index contributed by atoms with van der Waals surface area (Å²) < 4.78 is 0. The van der Waals surface area contributed by atoms with Gasteiger partial charge in [0.25, 0.3) is 0 Å². The number of carbonyl (C=O) groups excluding carboxylic acids is 2. The summed E-state index contributed by atoms with van der Waals surface area (Å²) in [6.07, 6.45) is 2.01. The molecule has 1 aliphatic rings. The van der Waals surface area contributed by atoms with Gasteiger partial charge in [-0.05, 0) is 24.3 Å². The molecule has 1 aromatic rings. The van der Waals surface area contributed by atoms with Gasteiger partial charge in [-0.3, -0.25) is 4.79 Å². The molecule has 3 heteroatoms. The van der Waals surface area contributed by atoms with Crippen LogP contribution in [0.2, 0.25) is 0 Å². The summed E-state index contributed by atoms with van der Waals surface area (Å²) in [4.78, 5) is 22.3. The van der Waals surface area contributed by atoms with Gasteiger partial charge in [0.1, 0.15) is 5.78 Å². The van der Waals surface area contributed by atoms with Crippen molar-refractivity contribution in [1.29, 1.82) is 0 Å². The van der Waals surface area contributed by atoms with Gasteiger partial charge in [0, 0.05) is 24.7 Å². The Kier molecular flexibility index (Phi) is 3.57. The van der Waals surface area contributed by atoms with Crippen LogP contribution in [0.15, 0.2) is 30.3 Å². The molecule has 0 N–H and O–H groups in total. The van der Waals surface area contributed by atoms with Crippen molar-refractivity contribution in [3.8, 4) is 0 Å². The molecule has 1 aromatic carbocycles. The zero-order valence-corrected chi connectivity index (χ0v) is 9.59. The van der Waals surface area contributed by atoms with Crippen molar-refractivity contribution in [2.45, 2.75) is 25.7 Å². The Morgan fingerprint density at radius 2 is 2.00 bits per heavy atom. The Balaban J connectivity index is 2.08. The Hall–Kier alpha value is -1.64. The zero-order chi connectivity index (χ0) is 12.3. The second-order valence-corrected chi connectivity index (χ2v) is 4.66. The highest BCUT2D eigenvalue weighted by molar-refractivity contribution is 5.84. The maximum absolute atomic E-state index is 11.3. The molecule has 0 aromatic heterocycles. The van der Waals surface area contributed by atoms with Crippen molar-refractivity contribution < 1.29 is 14.7 Å². The predicted octanol–water partition coefficient (Wildman–Crippen LogP) is 0.964. The van der Waals surface area contributed by atoms with Gasteiger partial charge in [-0.2, -0.15) is 0 Å². The molecule has 3 nitrogen and oxygen atoms in total. The number of carboxylic acid groups (broad SMARTS) is 1. The van der Waals surface area contributed by atoms with Gasteiger partial charge in [0.05, 0.1) is 0 Å². The summed E-state index contributed by atoms with van der Waals surface area (Å²) >= 11 is 0. The van der Waals surface area contributed by atoms with Crippen LogP contribution in [0.25, 0.3) is 0 Å². The predicted molar refractivity (Wildman–Crippen MR) is 61.0 cm³/mol. The minimum Gasteiger partial charge on any atom is -0.550 e. The molecule has 0 saturated heterocycles. The smallest absolute Gasteiger partial charge is 0.133 e. The van der Waals surface area contributed by atoms with Crippen molar-refractivity contribution >= 4 is 11.8 Å². The average Bonchev–Trinajstić information content (AvgIpc) is 2.32. The summed E-state index contributed by atoms with van der Waals surface area (Å²) in [5.41, 5.74) is 1.12. The van der Waals surface area contributed by atoms with E-state index in [4.69, 9.17) is 0 Å². The lowest BCUT2D eigenvalue weighted by atomic mass is 9.76. The van der Waals surface area contributed by atoms with E-state index in [-0.39, 0.29) is 18.1 Å². The average molecular weight is 231 g/mol. The fourth-order valence-corrected chi connectivity index (χ4v) is 2.50. The number of hydrogen-bond acceptors (Lipinski definition) is 3. The fourth-order valence-electron chi connectivity index (χ4n) is 2.50. The Labute approximate surface area is 100 Å². The third-order valence-electron chi connectivity index (χ3n) is 3.45. The number of carboxylic acids is 1. The monoisotopic (exact) mass is 231 g/mol. The van der Waals surface area contributed by atoms with Gasteiger partial charge in [-0.1, -0.05) is 30.3 Å². The Bertz CT molecular complexity index is 411. The van der Waals surface area contributed by atoms with Crippen LogP contribution < -0.4 is 5.11 Å². The van der Waals surface area contributed by atoms with E-state index < -0.39 is 11.9 Å². The third kappa shape index (κ3) is 2.93. The van der Waals surface area contributed by atoms with Crippen LogP contribution in [0, 0.1) is 11.8 Å². The van der Waals surface area contributed by atoms with Crippen LogP contribution in [0.5, 0.6) is 0 Å². The zero-order valence-electron chi connectivity index (χ0n) is 9.59. The summed E-state index contributed by atoms with van der Waals surface area (Å²) in [5.74, 6) is -1.63. The highest BCUT2D eigenvalue weighted by Crippen LogP contribution is 2.30. The number of carbonyl (C=O) groups is 2. The molecule has 0 radical (unpaired) electrons. The van der Waals surface area contributed by atoms with Gasteiger partial charge in [-0.25, -0.2) is 0 Å². The van der Waals surface area contributed by atoms with Gasteiger partial charge in [0.15, 0.2) is 0 Å². The van der Waals surface area contributed by atoms with Crippen molar-refractivity contribution in [2.24, 2.45) is 11.8 Å². The number of hydrogen-bond donors (Lipinski definition) is 0. The standard InChI is InChI=1S/C14H16O3/c15-12-7-6-11(13(9-12)14(16)17)8-10-4-2-1-3-5-10/h1-5,11,13H,6-9H2,(H,16,17)/p-1/t11-,13+/m0/s1. The molecule has 2 rings (SSSR count). The van der Waals surface area contributed by atoms with Crippen LogP contribution >= 0.6 is 0 Å². The summed E-state index contributed by atoms with van der Waals surface area (Å²) in [5, 5.41) is 11.0.